The molecule has 3 nitrogen and oxygen atoms in total. The Balaban J connectivity index is 2.14. The van der Waals surface area contributed by atoms with Crippen LogP contribution in [-0.2, 0) is 17.8 Å². The van der Waals surface area contributed by atoms with E-state index in [0.29, 0.717) is 6.61 Å². The smallest absolute Gasteiger partial charge is 0.122 e. The van der Waals surface area contributed by atoms with Crippen molar-refractivity contribution in [3.8, 4) is 5.75 Å². The first-order valence-corrected chi connectivity index (χ1v) is 5.92. The Morgan fingerprint density at radius 1 is 1.38 bits per heavy atom. The first-order chi connectivity index (χ1) is 7.77. The van der Waals surface area contributed by atoms with Crippen LogP contribution in [0.4, 0.5) is 0 Å². The fourth-order valence-corrected chi connectivity index (χ4v) is 2.62. The summed E-state index contributed by atoms with van der Waals surface area (Å²) in [6.45, 7) is 3.54. The number of benzene rings is 1. The highest BCUT2D eigenvalue weighted by Gasteiger charge is 2.29. The molecule has 0 unspecified atom stereocenters. The first-order valence-electron chi connectivity index (χ1n) is 5.92. The van der Waals surface area contributed by atoms with Gasteiger partial charge in [-0.25, -0.2) is 0 Å². The van der Waals surface area contributed by atoms with Crippen molar-refractivity contribution in [2.45, 2.75) is 38.5 Å². The lowest BCUT2D eigenvalue weighted by Crippen LogP contribution is -2.33. The van der Waals surface area contributed by atoms with Gasteiger partial charge in [-0.05, 0) is 42.5 Å². The highest BCUT2D eigenvalue weighted by atomic mass is 16.5. The van der Waals surface area contributed by atoms with Gasteiger partial charge in [0.15, 0.2) is 0 Å². The van der Waals surface area contributed by atoms with Crippen molar-refractivity contribution in [2.24, 2.45) is 5.73 Å². The molecule has 0 saturated carbocycles. The molecule has 2 N–H and O–H groups in total. The fraction of sp³-hybridized carbons (Fsp3) is 0.538. The Hall–Kier alpha value is -1.06. The average molecular weight is 219 g/mol. The lowest BCUT2D eigenvalue weighted by molar-refractivity contribution is 0.0207. The van der Waals surface area contributed by atoms with Gasteiger partial charge in [0, 0.05) is 0 Å². The van der Waals surface area contributed by atoms with Gasteiger partial charge >= 0.3 is 0 Å². The molecular formula is C13H17NO2. The minimum absolute atomic E-state index is 0.0135. The third-order valence-electron chi connectivity index (χ3n) is 3.57. The van der Waals surface area contributed by atoms with Crippen LogP contribution >= 0.6 is 0 Å². The summed E-state index contributed by atoms with van der Waals surface area (Å²) in [6.07, 6.45) is 2.27. The Labute approximate surface area is 95.5 Å². The average Bonchev–Trinajstić information content (AvgIpc) is 2.33. The van der Waals surface area contributed by atoms with Gasteiger partial charge in [-0.1, -0.05) is 6.07 Å². The molecule has 0 radical (unpaired) electrons. The summed E-state index contributed by atoms with van der Waals surface area (Å²) < 4.78 is 11.3. The van der Waals surface area contributed by atoms with Crippen LogP contribution in [0.5, 0.6) is 5.75 Å². The molecule has 0 amide bonds. The Morgan fingerprint density at radius 2 is 2.25 bits per heavy atom. The fourth-order valence-electron chi connectivity index (χ4n) is 2.62. The van der Waals surface area contributed by atoms with Gasteiger partial charge in [0.1, 0.15) is 5.75 Å². The summed E-state index contributed by atoms with van der Waals surface area (Å²) in [4.78, 5) is 0. The number of fused-ring (bicyclic) bond motifs is 3. The predicted octanol–water partition coefficient (Wildman–Crippen LogP) is 1.93. The number of rotatable bonds is 0. The number of hydrogen-bond acceptors (Lipinski definition) is 3. The monoisotopic (exact) mass is 219 g/mol. The van der Waals surface area contributed by atoms with Crippen LogP contribution in [0.15, 0.2) is 12.1 Å². The van der Waals surface area contributed by atoms with Gasteiger partial charge in [-0.2, -0.15) is 0 Å². The van der Waals surface area contributed by atoms with Gasteiger partial charge in [-0.3, -0.25) is 0 Å². The molecule has 0 bridgehead atoms. The number of hydrogen-bond donors (Lipinski definition) is 1. The van der Waals surface area contributed by atoms with Crippen molar-refractivity contribution >= 4 is 0 Å². The summed E-state index contributed by atoms with van der Waals surface area (Å²) in [6, 6.07) is 4.13. The second-order valence-corrected chi connectivity index (χ2v) is 4.61. The Morgan fingerprint density at radius 3 is 3.12 bits per heavy atom. The molecule has 0 spiro atoms. The zero-order valence-electron chi connectivity index (χ0n) is 9.53. The van der Waals surface area contributed by atoms with Crippen LogP contribution in [0.1, 0.15) is 36.1 Å². The van der Waals surface area contributed by atoms with Crippen molar-refractivity contribution in [3.05, 3.63) is 28.8 Å². The molecule has 2 atom stereocenters. The molecule has 0 fully saturated rings. The first kappa shape index (κ1) is 10.1. The maximum atomic E-state index is 6.23. The van der Waals surface area contributed by atoms with Gasteiger partial charge in [0.05, 0.1) is 25.4 Å². The van der Waals surface area contributed by atoms with E-state index in [2.05, 4.69) is 12.1 Å². The Kier molecular flexibility index (Phi) is 2.37. The second kappa shape index (κ2) is 3.75. The van der Waals surface area contributed by atoms with Crippen LogP contribution in [0, 0.1) is 0 Å². The molecule has 0 aromatic heterocycles. The van der Waals surface area contributed by atoms with E-state index in [4.69, 9.17) is 15.2 Å². The predicted molar refractivity (Wildman–Crippen MR) is 61.4 cm³/mol. The SMILES string of the molecule is C[C@@H]1OCc2ccc3c(c2[C@@H]1N)CCCO3. The van der Waals surface area contributed by atoms with Gasteiger partial charge in [0.25, 0.3) is 0 Å². The molecule has 0 saturated heterocycles. The van der Waals surface area contributed by atoms with E-state index < -0.39 is 0 Å². The van der Waals surface area contributed by atoms with Crippen LogP contribution < -0.4 is 10.5 Å². The quantitative estimate of drug-likeness (QED) is 0.725. The van der Waals surface area contributed by atoms with Gasteiger partial charge in [-0.15, -0.1) is 0 Å². The second-order valence-electron chi connectivity index (χ2n) is 4.61. The molecule has 2 aliphatic rings. The van der Waals surface area contributed by atoms with Crippen molar-refractivity contribution in [1.29, 1.82) is 0 Å². The molecule has 1 aromatic rings. The zero-order chi connectivity index (χ0) is 11.1. The van der Waals surface area contributed by atoms with Crippen molar-refractivity contribution in [2.75, 3.05) is 6.61 Å². The van der Waals surface area contributed by atoms with E-state index in [0.717, 1.165) is 25.2 Å². The summed E-state index contributed by atoms with van der Waals surface area (Å²) in [5, 5.41) is 0. The van der Waals surface area contributed by atoms with E-state index in [1.165, 1.54) is 16.7 Å². The maximum Gasteiger partial charge on any atom is 0.122 e. The molecule has 86 valence electrons. The van der Waals surface area contributed by atoms with Crippen molar-refractivity contribution in [3.63, 3.8) is 0 Å². The lowest BCUT2D eigenvalue weighted by Gasteiger charge is -2.33. The normalized spacial score (nSPS) is 27.9. The summed E-state index contributed by atoms with van der Waals surface area (Å²) >= 11 is 0. The molecule has 2 heterocycles. The summed E-state index contributed by atoms with van der Waals surface area (Å²) in [5.41, 5.74) is 10.1. The molecule has 16 heavy (non-hydrogen) atoms. The molecule has 0 aliphatic carbocycles. The van der Waals surface area contributed by atoms with Crippen LogP contribution in [0.25, 0.3) is 0 Å². The van der Waals surface area contributed by atoms with E-state index >= 15 is 0 Å². The minimum atomic E-state index is -0.0135. The Bertz CT molecular complexity index is 417. The highest BCUT2D eigenvalue weighted by Crippen LogP contribution is 2.37. The van der Waals surface area contributed by atoms with Crippen LogP contribution in [0.3, 0.4) is 0 Å². The van der Waals surface area contributed by atoms with E-state index in [9.17, 15) is 0 Å². The summed E-state index contributed by atoms with van der Waals surface area (Å²) in [5.74, 6) is 1.02. The maximum absolute atomic E-state index is 6.23. The van der Waals surface area contributed by atoms with E-state index in [1.54, 1.807) is 0 Å². The van der Waals surface area contributed by atoms with Gasteiger partial charge < -0.3 is 15.2 Å². The minimum Gasteiger partial charge on any atom is -0.493 e. The van der Waals surface area contributed by atoms with E-state index in [-0.39, 0.29) is 12.1 Å². The third-order valence-corrected chi connectivity index (χ3v) is 3.57. The molecular weight excluding hydrogens is 202 g/mol. The van der Waals surface area contributed by atoms with Crippen LogP contribution in [0.2, 0.25) is 0 Å². The van der Waals surface area contributed by atoms with Crippen LogP contribution in [-0.4, -0.2) is 12.7 Å². The molecule has 2 aliphatic heterocycles. The molecule has 1 aromatic carbocycles. The zero-order valence-corrected chi connectivity index (χ0v) is 9.53. The third kappa shape index (κ3) is 1.43. The lowest BCUT2D eigenvalue weighted by atomic mass is 9.87. The van der Waals surface area contributed by atoms with E-state index in [1.807, 2.05) is 6.92 Å². The van der Waals surface area contributed by atoms with Crippen molar-refractivity contribution < 1.29 is 9.47 Å². The largest absolute Gasteiger partial charge is 0.493 e. The highest BCUT2D eigenvalue weighted by molar-refractivity contribution is 5.48. The number of ether oxygens (including phenoxy) is 2. The number of nitrogens with two attached hydrogens (primary N) is 1. The summed E-state index contributed by atoms with van der Waals surface area (Å²) in [7, 11) is 0. The standard InChI is InChI=1S/C13H17NO2/c1-8-13(14)12-9(7-16-8)4-5-11-10(12)3-2-6-15-11/h4-5,8,13H,2-3,6-7,14H2,1H3/t8-,13+/m0/s1. The molecule has 3 heteroatoms. The topological polar surface area (TPSA) is 44.5 Å². The molecule has 3 rings (SSSR count). The van der Waals surface area contributed by atoms with Crippen molar-refractivity contribution in [1.82, 2.24) is 0 Å². The van der Waals surface area contributed by atoms with Gasteiger partial charge in [0.2, 0.25) is 0 Å².